The topological polar surface area (TPSA) is 102 Å². The summed E-state index contributed by atoms with van der Waals surface area (Å²) in [6.07, 6.45) is -0.130. The van der Waals surface area contributed by atoms with Gasteiger partial charge in [0.1, 0.15) is 6.33 Å². The highest BCUT2D eigenvalue weighted by atomic mass is 127. The first kappa shape index (κ1) is 13.4. The Balaban J connectivity index is 2.91. The number of aromatic nitrogens is 2. The molecule has 0 aromatic carbocycles. The third-order valence-electron chi connectivity index (χ3n) is 1.60. The normalized spacial score (nSPS) is 9.35. The largest absolute Gasteiger partial charge is 0.453 e. The molecule has 17 heavy (non-hydrogen) atoms. The van der Waals surface area contributed by atoms with Crippen LogP contribution in [0.25, 0.3) is 0 Å². The van der Waals surface area contributed by atoms with Gasteiger partial charge in [-0.25, -0.2) is 19.6 Å². The lowest BCUT2D eigenvalue weighted by molar-refractivity contribution is 0.186. The number of methoxy groups -OCH3 is 2. The number of anilines is 2. The Morgan fingerprint density at radius 1 is 1.12 bits per heavy atom. The lowest BCUT2D eigenvalue weighted by Gasteiger charge is -2.08. The quantitative estimate of drug-likeness (QED) is 0.781. The highest BCUT2D eigenvalue weighted by Crippen LogP contribution is 2.21. The fourth-order valence-corrected chi connectivity index (χ4v) is 1.39. The Morgan fingerprint density at radius 3 is 1.88 bits per heavy atom. The van der Waals surface area contributed by atoms with E-state index in [9.17, 15) is 9.59 Å². The maximum absolute atomic E-state index is 11.0. The van der Waals surface area contributed by atoms with Crippen LogP contribution in [0.2, 0.25) is 0 Å². The van der Waals surface area contributed by atoms with Crippen LogP contribution in [-0.2, 0) is 9.47 Å². The van der Waals surface area contributed by atoms with Gasteiger partial charge in [-0.1, -0.05) is 0 Å². The molecule has 0 fully saturated rings. The summed E-state index contributed by atoms with van der Waals surface area (Å²) in [5.74, 6) is 0.470. The number of nitrogens with one attached hydrogen (secondary N) is 2. The van der Waals surface area contributed by atoms with E-state index in [4.69, 9.17) is 0 Å². The highest BCUT2D eigenvalue weighted by Gasteiger charge is 2.13. The molecule has 1 rings (SSSR count). The molecule has 2 amide bonds. The standard InChI is InChI=1S/C8H9IN4O4/c1-16-7(14)12-5-4(9)6(11-3-10-5)13-8(15)17-2/h3H,1-2H3,(H2,10,11,12,13,14,15). The van der Waals surface area contributed by atoms with Crippen LogP contribution in [0.3, 0.4) is 0 Å². The van der Waals surface area contributed by atoms with Crippen molar-refractivity contribution in [3.8, 4) is 0 Å². The van der Waals surface area contributed by atoms with Crippen LogP contribution in [0.15, 0.2) is 6.33 Å². The van der Waals surface area contributed by atoms with E-state index in [1.807, 2.05) is 22.6 Å². The van der Waals surface area contributed by atoms with E-state index in [0.29, 0.717) is 3.57 Å². The summed E-state index contributed by atoms with van der Waals surface area (Å²) in [6, 6.07) is 0. The van der Waals surface area contributed by atoms with Crippen molar-refractivity contribution in [3.63, 3.8) is 0 Å². The van der Waals surface area contributed by atoms with Crippen LogP contribution in [0.5, 0.6) is 0 Å². The third kappa shape index (κ3) is 3.69. The molecule has 0 spiro atoms. The Morgan fingerprint density at radius 2 is 1.53 bits per heavy atom. The summed E-state index contributed by atoms with van der Waals surface area (Å²) >= 11 is 1.87. The van der Waals surface area contributed by atoms with E-state index >= 15 is 0 Å². The summed E-state index contributed by atoms with van der Waals surface area (Å²) in [5.41, 5.74) is 0. The predicted octanol–water partition coefficient (Wildman–Crippen LogP) is 1.44. The number of nitrogens with zero attached hydrogens (tertiary/aromatic N) is 2. The second kappa shape index (κ2) is 6.18. The smallest absolute Gasteiger partial charge is 0.412 e. The minimum absolute atomic E-state index is 0.235. The third-order valence-corrected chi connectivity index (χ3v) is 2.62. The molecule has 0 saturated heterocycles. The first-order valence-electron chi connectivity index (χ1n) is 4.29. The molecule has 92 valence electrons. The van der Waals surface area contributed by atoms with Crippen molar-refractivity contribution in [2.45, 2.75) is 0 Å². The van der Waals surface area contributed by atoms with Crippen molar-refractivity contribution in [2.24, 2.45) is 0 Å². The van der Waals surface area contributed by atoms with Gasteiger partial charge in [0.15, 0.2) is 11.6 Å². The average Bonchev–Trinajstić information content (AvgIpc) is 2.33. The maximum atomic E-state index is 11.0. The van der Waals surface area contributed by atoms with Gasteiger partial charge in [0.05, 0.1) is 17.8 Å². The molecule has 0 atom stereocenters. The molecule has 0 bridgehead atoms. The summed E-state index contributed by atoms with van der Waals surface area (Å²) in [7, 11) is 2.47. The Bertz CT molecular complexity index is 403. The fraction of sp³-hybridized carbons (Fsp3) is 0.250. The van der Waals surface area contributed by atoms with Gasteiger partial charge in [-0.2, -0.15) is 0 Å². The Hall–Kier alpha value is -1.65. The maximum Gasteiger partial charge on any atom is 0.412 e. The lowest BCUT2D eigenvalue weighted by atomic mass is 10.5. The van der Waals surface area contributed by atoms with Crippen molar-refractivity contribution in [1.29, 1.82) is 0 Å². The van der Waals surface area contributed by atoms with Crippen molar-refractivity contribution < 1.29 is 19.1 Å². The molecule has 1 heterocycles. The zero-order valence-electron chi connectivity index (χ0n) is 8.98. The number of halogens is 1. The van der Waals surface area contributed by atoms with E-state index in [-0.39, 0.29) is 11.6 Å². The number of carbonyl (C=O) groups is 2. The molecule has 0 aliphatic carbocycles. The molecule has 0 unspecified atom stereocenters. The van der Waals surface area contributed by atoms with Gasteiger partial charge in [-0.15, -0.1) is 0 Å². The first-order valence-corrected chi connectivity index (χ1v) is 5.36. The number of ether oxygens (including phenoxy) is 2. The Kier molecular flexibility index (Phi) is 4.87. The SMILES string of the molecule is COC(=O)Nc1ncnc(NC(=O)OC)c1I. The van der Waals surface area contributed by atoms with Gasteiger partial charge in [0.25, 0.3) is 0 Å². The van der Waals surface area contributed by atoms with Crippen LogP contribution in [0.4, 0.5) is 21.2 Å². The second-order valence-corrected chi connectivity index (χ2v) is 3.70. The molecule has 0 saturated carbocycles. The average molecular weight is 352 g/mol. The lowest BCUT2D eigenvalue weighted by Crippen LogP contribution is -2.17. The molecule has 8 nitrogen and oxygen atoms in total. The molecule has 0 radical (unpaired) electrons. The number of hydrogen-bond acceptors (Lipinski definition) is 6. The fourth-order valence-electron chi connectivity index (χ4n) is 0.840. The number of hydrogen-bond donors (Lipinski definition) is 2. The van der Waals surface area contributed by atoms with Crippen LogP contribution in [0, 0.1) is 3.57 Å². The van der Waals surface area contributed by atoms with Gasteiger partial charge in [-0.3, -0.25) is 10.6 Å². The molecule has 0 aliphatic heterocycles. The predicted molar refractivity (Wildman–Crippen MR) is 66.8 cm³/mol. The zero-order valence-corrected chi connectivity index (χ0v) is 11.1. The van der Waals surface area contributed by atoms with Gasteiger partial charge in [0, 0.05) is 0 Å². The zero-order chi connectivity index (χ0) is 12.8. The van der Waals surface area contributed by atoms with Crippen molar-refractivity contribution >= 4 is 46.4 Å². The molecular formula is C8H9IN4O4. The van der Waals surface area contributed by atoms with Crippen molar-refractivity contribution in [1.82, 2.24) is 9.97 Å². The van der Waals surface area contributed by atoms with E-state index in [0.717, 1.165) is 0 Å². The first-order chi connectivity index (χ1) is 8.08. The van der Waals surface area contributed by atoms with Crippen LogP contribution in [0.1, 0.15) is 0 Å². The Labute approximate surface area is 110 Å². The molecular weight excluding hydrogens is 343 g/mol. The monoisotopic (exact) mass is 352 g/mol. The van der Waals surface area contributed by atoms with E-state index in [1.54, 1.807) is 0 Å². The molecule has 9 heteroatoms. The highest BCUT2D eigenvalue weighted by molar-refractivity contribution is 14.1. The summed E-state index contributed by atoms with van der Waals surface area (Å²) in [5, 5.41) is 4.76. The van der Waals surface area contributed by atoms with Gasteiger partial charge in [0.2, 0.25) is 0 Å². The van der Waals surface area contributed by atoms with E-state index in [1.165, 1.54) is 20.5 Å². The minimum atomic E-state index is -0.661. The van der Waals surface area contributed by atoms with Crippen LogP contribution < -0.4 is 10.6 Å². The molecule has 1 aromatic rings. The molecule has 0 aliphatic rings. The number of amides is 2. The van der Waals surface area contributed by atoms with Crippen LogP contribution in [-0.4, -0.2) is 36.4 Å². The number of carbonyl (C=O) groups excluding carboxylic acids is 2. The van der Waals surface area contributed by atoms with Crippen LogP contribution >= 0.6 is 22.6 Å². The van der Waals surface area contributed by atoms with Gasteiger partial charge >= 0.3 is 12.2 Å². The second-order valence-electron chi connectivity index (χ2n) is 2.62. The van der Waals surface area contributed by atoms with E-state index < -0.39 is 12.2 Å². The van der Waals surface area contributed by atoms with Gasteiger partial charge < -0.3 is 9.47 Å². The van der Waals surface area contributed by atoms with Crippen molar-refractivity contribution in [3.05, 3.63) is 9.90 Å². The molecule has 2 N–H and O–H groups in total. The summed E-state index contributed by atoms with van der Waals surface area (Å²) in [6.45, 7) is 0. The molecule has 1 aromatic heterocycles. The van der Waals surface area contributed by atoms with Crippen molar-refractivity contribution in [2.75, 3.05) is 24.9 Å². The summed E-state index contributed by atoms with van der Waals surface area (Å²) in [4.78, 5) is 29.7. The summed E-state index contributed by atoms with van der Waals surface area (Å²) < 4.78 is 9.31. The minimum Gasteiger partial charge on any atom is -0.453 e. The van der Waals surface area contributed by atoms with Gasteiger partial charge in [-0.05, 0) is 22.6 Å². The van der Waals surface area contributed by atoms with E-state index in [2.05, 4.69) is 30.1 Å². The number of rotatable bonds is 2.